The first-order valence-corrected chi connectivity index (χ1v) is 8.92. The summed E-state index contributed by atoms with van der Waals surface area (Å²) in [6.45, 7) is 5.70. The summed E-state index contributed by atoms with van der Waals surface area (Å²) >= 11 is 0. The molecule has 1 heterocycles. The molecule has 1 aliphatic heterocycles. The lowest BCUT2D eigenvalue weighted by atomic mass is 9.97. The predicted octanol–water partition coefficient (Wildman–Crippen LogP) is 1.01. The number of carbonyl (C=O) groups excluding carboxylic acids is 2. The second-order valence-electron chi connectivity index (χ2n) is 6.42. The number of para-hydroxylation sites is 1. The minimum Gasteiger partial charge on any atom is -0.464 e. The number of nitrogens with one attached hydrogen (secondary N) is 2. The Morgan fingerprint density at radius 3 is 2.74 bits per heavy atom. The number of hydrogen-bond acceptors (Lipinski definition) is 5. The number of rotatable bonds is 5. The Hall–Kier alpha value is -3.15. The smallest absolute Gasteiger partial charge is 0.302 e. The van der Waals surface area contributed by atoms with Gasteiger partial charge >= 0.3 is 5.97 Å². The van der Waals surface area contributed by atoms with E-state index >= 15 is 0 Å². The maximum atomic E-state index is 12.6. The molecule has 0 saturated heterocycles. The third kappa shape index (κ3) is 4.16. The van der Waals surface area contributed by atoms with Crippen molar-refractivity contribution in [2.75, 3.05) is 13.2 Å². The van der Waals surface area contributed by atoms with Gasteiger partial charge in [0, 0.05) is 23.3 Å². The van der Waals surface area contributed by atoms with E-state index in [1.165, 1.54) is 6.92 Å². The standard InChI is InChI=1S/C21H23N3O3/c1-13-16(20-18-7-4-5-10-19(18)23-14(2)24-20)8-6-9-17(13)21(26)22-11-12-27-15(3)25/h4-10,14,24H,11-12H2,1-3H3,(H,22,26). The summed E-state index contributed by atoms with van der Waals surface area (Å²) in [5.41, 5.74) is 3.42. The second kappa shape index (κ2) is 8.03. The fraction of sp³-hybridized carbons (Fsp3) is 0.286. The quantitative estimate of drug-likeness (QED) is 0.612. The first kappa shape index (κ1) is 18.6. The number of esters is 1. The van der Waals surface area contributed by atoms with Crippen LogP contribution in [0.4, 0.5) is 0 Å². The van der Waals surface area contributed by atoms with Crippen LogP contribution in [0.2, 0.25) is 0 Å². The first-order valence-electron chi connectivity index (χ1n) is 8.92. The van der Waals surface area contributed by atoms with Gasteiger partial charge in [0.1, 0.15) is 12.8 Å². The Morgan fingerprint density at radius 2 is 1.96 bits per heavy atom. The van der Waals surface area contributed by atoms with Crippen LogP contribution in [0.25, 0.3) is 5.70 Å². The zero-order chi connectivity index (χ0) is 19.4. The maximum absolute atomic E-state index is 12.6. The molecule has 27 heavy (non-hydrogen) atoms. The Morgan fingerprint density at radius 1 is 1.19 bits per heavy atom. The lowest BCUT2D eigenvalue weighted by molar-refractivity contribution is -0.140. The molecule has 0 bridgehead atoms. The van der Waals surface area contributed by atoms with Crippen molar-refractivity contribution in [2.24, 2.45) is 4.99 Å². The van der Waals surface area contributed by atoms with Crippen molar-refractivity contribution >= 4 is 17.6 Å². The number of nitrogens with zero attached hydrogens (tertiary/aromatic N) is 1. The van der Waals surface area contributed by atoms with E-state index < -0.39 is 0 Å². The second-order valence-corrected chi connectivity index (χ2v) is 6.42. The van der Waals surface area contributed by atoms with Crippen molar-refractivity contribution in [3.05, 3.63) is 69.7 Å². The van der Waals surface area contributed by atoms with Gasteiger partial charge in [0.2, 0.25) is 0 Å². The van der Waals surface area contributed by atoms with Crippen molar-refractivity contribution in [1.29, 1.82) is 0 Å². The molecule has 2 N–H and O–H groups in total. The Labute approximate surface area is 158 Å². The Bertz CT molecular complexity index is 998. The average Bonchev–Trinajstić information content (AvgIpc) is 2.64. The summed E-state index contributed by atoms with van der Waals surface area (Å²) in [7, 11) is 0. The average molecular weight is 365 g/mol. The molecule has 2 aromatic carbocycles. The molecule has 0 fully saturated rings. The number of amides is 1. The maximum Gasteiger partial charge on any atom is 0.302 e. The molecule has 0 saturated carbocycles. The van der Waals surface area contributed by atoms with Crippen molar-refractivity contribution in [2.45, 2.75) is 26.9 Å². The normalized spacial score (nSPS) is 15.2. The highest BCUT2D eigenvalue weighted by Gasteiger charge is 2.17. The molecule has 6 nitrogen and oxygen atoms in total. The van der Waals surface area contributed by atoms with E-state index in [0.717, 1.165) is 27.4 Å². The lowest BCUT2D eigenvalue weighted by Crippen LogP contribution is -2.42. The van der Waals surface area contributed by atoms with Gasteiger partial charge < -0.3 is 15.4 Å². The van der Waals surface area contributed by atoms with Gasteiger partial charge in [-0.15, -0.1) is 0 Å². The molecule has 2 aromatic rings. The van der Waals surface area contributed by atoms with Crippen LogP contribution in [0.15, 0.2) is 47.5 Å². The first-order chi connectivity index (χ1) is 13.0. The molecular weight excluding hydrogens is 342 g/mol. The topological polar surface area (TPSA) is 79.8 Å². The zero-order valence-electron chi connectivity index (χ0n) is 15.7. The van der Waals surface area contributed by atoms with E-state index in [0.29, 0.717) is 5.56 Å². The van der Waals surface area contributed by atoms with Gasteiger partial charge in [-0.1, -0.05) is 30.3 Å². The van der Waals surface area contributed by atoms with Gasteiger partial charge in [0.05, 0.1) is 17.6 Å². The summed E-state index contributed by atoms with van der Waals surface area (Å²) in [4.78, 5) is 28.0. The van der Waals surface area contributed by atoms with Crippen molar-refractivity contribution in [3.8, 4) is 0 Å². The summed E-state index contributed by atoms with van der Waals surface area (Å²) in [5.74, 6) is -0.552. The Kier molecular flexibility index (Phi) is 5.54. The van der Waals surface area contributed by atoms with Crippen LogP contribution >= 0.6 is 0 Å². The van der Waals surface area contributed by atoms with Crippen molar-refractivity contribution < 1.29 is 14.3 Å². The highest BCUT2D eigenvalue weighted by atomic mass is 16.5. The summed E-state index contributed by atoms with van der Waals surface area (Å²) in [6, 6.07) is 13.6. The summed E-state index contributed by atoms with van der Waals surface area (Å²) < 4.78 is 4.85. The fourth-order valence-electron chi connectivity index (χ4n) is 3.16. The van der Waals surface area contributed by atoms with E-state index in [2.05, 4.69) is 15.6 Å². The van der Waals surface area contributed by atoms with Gasteiger partial charge in [-0.25, -0.2) is 0 Å². The third-order valence-corrected chi connectivity index (χ3v) is 4.40. The Balaban J connectivity index is 1.93. The van der Waals surface area contributed by atoms with Crippen molar-refractivity contribution in [3.63, 3.8) is 0 Å². The molecule has 140 valence electrons. The van der Waals surface area contributed by atoms with E-state index in [1.807, 2.05) is 50.2 Å². The van der Waals surface area contributed by atoms with Gasteiger partial charge in [-0.05, 0) is 31.5 Å². The molecular formula is C21H23N3O3. The highest BCUT2D eigenvalue weighted by Crippen LogP contribution is 2.20. The molecule has 0 spiro atoms. The lowest BCUT2D eigenvalue weighted by Gasteiger charge is -2.21. The minimum absolute atomic E-state index is 0.0458. The molecule has 6 heteroatoms. The number of fused-ring (bicyclic) bond motifs is 1. The van der Waals surface area contributed by atoms with Crippen LogP contribution in [-0.4, -0.2) is 31.2 Å². The van der Waals surface area contributed by atoms with Crippen molar-refractivity contribution in [1.82, 2.24) is 10.6 Å². The molecule has 1 amide bonds. The fourth-order valence-corrected chi connectivity index (χ4v) is 3.16. The van der Waals surface area contributed by atoms with Crippen LogP contribution in [0.5, 0.6) is 0 Å². The SMILES string of the molecule is CC(=O)OCCNC(=O)c1cccc(C2=c3ccccc3=NC(C)N2)c1C. The van der Waals surface area contributed by atoms with Gasteiger partial charge in [0.25, 0.3) is 5.91 Å². The van der Waals surface area contributed by atoms with Crippen LogP contribution in [0.3, 0.4) is 0 Å². The molecule has 1 atom stereocenters. The van der Waals surface area contributed by atoms with E-state index in [9.17, 15) is 9.59 Å². The molecule has 0 aromatic heterocycles. The number of hydrogen-bond donors (Lipinski definition) is 2. The van der Waals surface area contributed by atoms with E-state index in [1.54, 1.807) is 6.07 Å². The molecule has 0 radical (unpaired) electrons. The zero-order valence-corrected chi connectivity index (χ0v) is 15.7. The van der Waals surface area contributed by atoms with E-state index in [-0.39, 0.29) is 31.2 Å². The number of carbonyl (C=O) groups is 2. The number of benzene rings is 2. The summed E-state index contributed by atoms with van der Waals surface area (Å²) in [5, 5.41) is 8.17. The van der Waals surface area contributed by atoms with E-state index in [4.69, 9.17) is 4.74 Å². The molecule has 1 unspecified atom stereocenters. The molecule has 3 rings (SSSR count). The predicted molar refractivity (Wildman–Crippen MR) is 102 cm³/mol. The molecule has 0 aliphatic carbocycles. The highest BCUT2D eigenvalue weighted by molar-refractivity contribution is 5.96. The molecule has 1 aliphatic rings. The third-order valence-electron chi connectivity index (χ3n) is 4.40. The van der Waals surface area contributed by atoms with Crippen LogP contribution in [0, 0.1) is 6.92 Å². The van der Waals surface area contributed by atoms with Crippen LogP contribution in [0.1, 0.15) is 35.3 Å². The van der Waals surface area contributed by atoms with Gasteiger partial charge in [-0.3, -0.25) is 14.6 Å². The van der Waals surface area contributed by atoms with Crippen LogP contribution < -0.4 is 21.2 Å². The summed E-state index contributed by atoms with van der Waals surface area (Å²) in [6.07, 6.45) is -0.0458. The van der Waals surface area contributed by atoms with Gasteiger partial charge in [0.15, 0.2) is 0 Å². The van der Waals surface area contributed by atoms with Crippen LogP contribution in [-0.2, 0) is 9.53 Å². The largest absolute Gasteiger partial charge is 0.464 e. The number of ether oxygens (including phenoxy) is 1. The monoisotopic (exact) mass is 365 g/mol. The minimum atomic E-state index is -0.361. The van der Waals surface area contributed by atoms with Gasteiger partial charge in [-0.2, -0.15) is 0 Å².